The third-order valence-corrected chi connectivity index (χ3v) is 4.77. The molecule has 0 aliphatic carbocycles. The zero-order valence-electron chi connectivity index (χ0n) is 12.8. The largest absolute Gasteiger partial charge is 0.378 e. The van der Waals surface area contributed by atoms with Crippen molar-refractivity contribution in [2.24, 2.45) is 5.73 Å². The number of hydrogen-bond acceptors (Lipinski definition) is 5. The molecule has 6 heteroatoms. The number of benzene rings is 1. The molecule has 1 unspecified atom stereocenters. The first-order valence-electron chi connectivity index (χ1n) is 7.91. The van der Waals surface area contributed by atoms with Crippen LogP contribution < -0.4 is 10.6 Å². The van der Waals surface area contributed by atoms with Gasteiger partial charge in [-0.15, -0.1) is 0 Å². The summed E-state index contributed by atoms with van der Waals surface area (Å²) in [5.41, 5.74) is 8.42. The van der Waals surface area contributed by atoms with E-state index in [-0.39, 0.29) is 6.10 Å². The van der Waals surface area contributed by atoms with E-state index in [1.165, 1.54) is 11.3 Å². The maximum Gasteiger partial charge on any atom is 0.0824 e. The molecule has 0 aromatic heterocycles. The summed E-state index contributed by atoms with van der Waals surface area (Å²) < 4.78 is 12.3. The second-order valence-corrected chi connectivity index (χ2v) is 6.75. The van der Waals surface area contributed by atoms with Crippen LogP contribution in [0.3, 0.4) is 0 Å². The summed E-state index contributed by atoms with van der Waals surface area (Å²) in [5.74, 6) is 0. The van der Waals surface area contributed by atoms with Gasteiger partial charge in [0, 0.05) is 49.4 Å². The molecule has 0 bridgehead atoms. The van der Waals surface area contributed by atoms with Crippen molar-refractivity contribution >= 4 is 21.6 Å². The minimum atomic E-state index is 0.163. The van der Waals surface area contributed by atoms with Crippen LogP contribution in [0.1, 0.15) is 5.56 Å². The molecule has 0 spiro atoms. The Balaban J connectivity index is 1.74. The Bertz CT molecular complexity index is 494. The van der Waals surface area contributed by atoms with Gasteiger partial charge in [-0.05, 0) is 17.7 Å². The van der Waals surface area contributed by atoms with Crippen LogP contribution in [-0.4, -0.2) is 63.5 Å². The van der Waals surface area contributed by atoms with Crippen LogP contribution in [0.15, 0.2) is 22.7 Å². The topological polar surface area (TPSA) is 51.0 Å². The number of morpholine rings is 2. The van der Waals surface area contributed by atoms with E-state index in [4.69, 9.17) is 15.2 Å². The quantitative estimate of drug-likeness (QED) is 0.870. The highest BCUT2D eigenvalue weighted by Gasteiger charge is 2.21. The number of halogens is 1. The van der Waals surface area contributed by atoms with Crippen LogP contribution in [-0.2, 0) is 16.0 Å². The second-order valence-electron chi connectivity index (χ2n) is 5.84. The molecular formula is C16H24BrN3O2. The highest BCUT2D eigenvalue weighted by atomic mass is 79.9. The molecule has 122 valence electrons. The molecule has 5 nitrogen and oxygen atoms in total. The third kappa shape index (κ3) is 4.00. The van der Waals surface area contributed by atoms with Crippen molar-refractivity contribution in [3.63, 3.8) is 0 Å². The van der Waals surface area contributed by atoms with Gasteiger partial charge in [-0.25, -0.2) is 0 Å². The summed E-state index contributed by atoms with van der Waals surface area (Å²) in [6, 6.07) is 6.57. The zero-order valence-corrected chi connectivity index (χ0v) is 14.4. The molecule has 2 aliphatic rings. The molecule has 22 heavy (non-hydrogen) atoms. The van der Waals surface area contributed by atoms with Crippen LogP contribution in [0.4, 0.5) is 5.69 Å². The molecule has 3 rings (SSSR count). The van der Waals surface area contributed by atoms with Crippen LogP contribution in [0, 0.1) is 0 Å². The van der Waals surface area contributed by atoms with E-state index in [1.807, 2.05) is 0 Å². The fraction of sp³-hybridized carbons (Fsp3) is 0.625. The highest BCUT2D eigenvalue weighted by Crippen LogP contribution is 2.27. The average molecular weight is 370 g/mol. The molecule has 1 atom stereocenters. The van der Waals surface area contributed by atoms with E-state index in [0.717, 1.165) is 57.0 Å². The predicted molar refractivity (Wildman–Crippen MR) is 91.2 cm³/mol. The average Bonchev–Trinajstić information content (AvgIpc) is 2.57. The first kappa shape index (κ1) is 16.2. The summed E-state index contributed by atoms with van der Waals surface area (Å²) >= 11 is 3.60. The Morgan fingerprint density at radius 3 is 2.77 bits per heavy atom. The van der Waals surface area contributed by atoms with Crippen LogP contribution in [0.25, 0.3) is 0 Å². The lowest BCUT2D eigenvalue weighted by Crippen LogP contribution is -2.45. The van der Waals surface area contributed by atoms with E-state index in [0.29, 0.717) is 6.54 Å². The molecule has 0 saturated carbocycles. The van der Waals surface area contributed by atoms with Crippen molar-refractivity contribution in [2.45, 2.75) is 12.6 Å². The Hall–Kier alpha value is -0.660. The fourth-order valence-electron chi connectivity index (χ4n) is 3.08. The van der Waals surface area contributed by atoms with Crippen molar-refractivity contribution in [3.8, 4) is 0 Å². The minimum absolute atomic E-state index is 0.163. The van der Waals surface area contributed by atoms with E-state index in [2.05, 4.69) is 43.9 Å². The number of anilines is 1. The van der Waals surface area contributed by atoms with E-state index < -0.39 is 0 Å². The molecule has 2 N–H and O–H groups in total. The molecule has 2 aliphatic heterocycles. The normalized spacial score (nSPS) is 23.7. The molecule has 2 heterocycles. The first-order valence-corrected chi connectivity index (χ1v) is 8.70. The highest BCUT2D eigenvalue weighted by molar-refractivity contribution is 9.10. The Kier molecular flexibility index (Phi) is 5.71. The number of ether oxygens (including phenoxy) is 2. The van der Waals surface area contributed by atoms with E-state index in [9.17, 15) is 0 Å². The van der Waals surface area contributed by atoms with Gasteiger partial charge in [-0.2, -0.15) is 0 Å². The SMILES string of the molecule is NCC1CN(Cc2ccc(Br)cc2N2CCOCC2)CCO1. The summed E-state index contributed by atoms with van der Waals surface area (Å²) in [4.78, 5) is 4.86. The molecular weight excluding hydrogens is 346 g/mol. The lowest BCUT2D eigenvalue weighted by Gasteiger charge is -2.35. The lowest BCUT2D eigenvalue weighted by atomic mass is 10.1. The first-order chi connectivity index (χ1) is 10.8. The maximum atomic E-state index is 5.75. The van der Waals surface area contributed by atoms with Gasteiger partial charge < -0.3 is 20.1 Å². The van der Waals surface area contributed by atoms with Crippen molar-refractivity contribution in [3.05, 3.63) is 28.2 Å². The van der Waals surface area contributed by atoms with Gasteiger partial charge in [0.15, 0.2) is 0 Å². The standard InChI is InChI=1S/C16H24BrN3O2/c17-14-2-1-13(11-19-3-8-22-15(10-18)12-19)16(9-14)20-4-6-21-7-5-20/h1-2,9,15H,3-8,10-12,18H2. The molecule has 0 amide bonds. The number of rotatable bonds is 4. The van der Waals surface area contributed by atoms with Crippen molar-refractivity contribution in [1.29, 1.82) is 0 Å². The van der Waals surface area contributed by atoms with Crippen LogP contribution >= 0.6 is 15.9 Å². The van der Waals surface area contributed by atoms with Crippen molar-refractivity contribution in [1.82, 2.24) is 4.90 Å². The summed E-state index contributed by atoms with van der Waals surface area (Å²) in [5, 5.41) is 0. The monoisotopic (exact) mass is 369 g/mol. The number of nitrogens with two attached hydrogens (primary N) is 1. The molecule has 0 radical (unpaired) electrons. The van der Waals surface area contributed by atoms with Gasteiger partial charge >= 0.3 is 0 Å². The van der Waals surface area contributed by atoms with Gasteiger partial charge in [0.05, 0.1) is 25.9 Å². The minimum Gasteiger partial charge on any atom is -0.378 e. The molecule has 2 saturated heterocycles. The predicted octanol–water partition coefficient (Wildman–Crippen LogP) is 1.45. The summed E-state index contributed by atoms with van der Waals surface area (Å²) in [6.07, 6.45) is 0.163. The summed E-state index contributed by atoms with van der Waals surface area (Å²) in [6.45, 7) is 7.70. The van der Waals surface area contributed by atoms with Crippen LogP contribution in [0.2, 0.25) is 0 Å². The molecule has 2 fully saturated rings. The fourth-order valence-corrected chi connectivity index (χ4v) is 3.43. The van der Waals surface area contributed by atoms with Gasteiger partial charge in [0.25, 0.3) is 0 Å². The van der Waals surface area contributed by atoms with Gasteiger partial charge in [0.1, 0.15) is 0 Å². The Morgan fingerprint density at radius 1 is 1.18 bits per heavy atom. The maximum absolute atomic E-state index is 5.75. The molecule has 1 aromatic carbocycles. The smallest absolute Gasteiger partial charge is 0.0824 e. The third-order valence-electron chi connectivity index (χ3n) is 4.28. The Morgan fingerprint density at radius 2 is 2.00 bits per heavy atom. The number of hydrogen-bond donors (Lipinski definition) is 1. The van der Waals surface area contributed by atoms with E-state index in [1.54, 1.807) is 0 Å². The van der Waals surface area contributed by atoms with Gasteiger partial charge in [0.2, 0.25) is 0 Å². The zero-order chi connectivity index (χ0) is 15.4. The lowest BCUT2D eigenvalue weighted by molar-refractivity contribution is -0.0260. The van der Waals surface area contributed by atoms with Gasteiger partial charge in [-0.1, -0.05) is 22.0 Å². The van der Waals surface area contributed by atoms with Gasteiger partial charge in [-0.3, -0.25) is 4.90 Å². The molecule has 1 aromatic rings. The van der Waals surface area contributed by atoms with Crippen LogP contribution in [0.5, 0.6) is 0 Å². The van der Waals surface area contributed by atoms with E-state index >= 15 is 0 Å². The second kappa shape index (κ2) is 7.75. The summed E-state index contributed by atoms with van der Waals surface area (Å²) in [7, 11) is 0. The van der Waals surface area contributed by atoms with Crippen molar-refractivity contribution < 1.29 is 9.47 Å². The number of nitrogens with zero attached hydrogens (tertiary/aromatic N) is 2. The van der Waals surface area contributed by atoms with Crippen molar-refractivity contribution in [2.75, 3.05) is 57.4 Å². The Labute approximate surface area is 140 Å².